The third-order valence-electron chi connectivity index (χ3n) is 4.17. The van der Waals surface area contributed by atoms with Crippen LogP contribution in [0.3, 0.4) is 0 Å². The Morgan fingerprint density at radius 1 is 1.33 bits per heavy atom. The number of sulfonamides is 1. The van der Waals surface area contributed by atoms with E-state index in [4.69, 9.17) is 0 Å². The molecular weight excluding hydrogens is 306 g/mol. The van der Waals surface area contributed by atoms with Crippen molar-refractivity contribution in [2.24, 2.45) is 0 Å². The van der Waals surface area contributed by atoms with Crippen molar-refractivity contribution in [3.05, 3.63) is 29.3 Å². The van der Waals surface area contributed by atoms with Gasteiger partial charge in [-0.1, -0.05) is 25.0 Å². The van der Waals surface area contributed by atoms with Gasteiger partial charge in [0.2, 0.25) is 10.0 Å². The summed E-state index contributed by atoms with van der Waals surface area (Å²) in [7, 11) is -3.54. The highest BCUT2D eigenvalue weighted by molar-refractivity contribution is 7.99. The Hall–Kier alpha value is -0.560. The van der Waals surface area contributed by atoms with Crippen LogP contribution in [0.5, 0.6) is 0 Å². The maximum atomic E-state index is 12.6. The van der Waals surface area contributed by atoms with E-state index in [9.17, 15) is 13.5 Å². The topological polar surface area (TPSA) is 66.4 Å². The number of aliphatic hydroxyl groups is 1. The molecule has 0 bridgehead atoms. The predicted molar refractivity (Wildman–Crippen MR) is 87.0 cm³/mol. The van der Waals surface area contributed by atoms with Gasteiger partial charge in [0.05, 0.1) is 11.5 Å². The summed E-state index contributed by atoms with van der Waals surface area (Å²) in [5.41, 5.74) is 1.28. The highest BCUT2D eigenvalue weighted by Crippen LogP contribution is 2.29. The van der Waals surface area contributed by atoms with Crippen molar-refractivity contribution >= 4 is 21.8 Å². The molecule has 0 heterocycles. The van der Waals surface area contributed by atoms with Crippen LogP contribution >= 0.6 is 11.8 Å². The number of hydrogen-bond donors (Lipinski definition) is 2. The summed E-state index contributed by atoms with van der Waals surface area (Å²) >= 11 is 1.73. The summed E-state index contributed by atoms with van der Waals surface area (Å²) in [5, 5.41) is 9.63. The predicted octanol–water partition coefficient (Wildman–Crippen LogP) is 2.44. The van der Waals surface area contributed by atoms with E-state index >= 15 is 0 Å². The minimum atomic E-state index is -3.54. The fourth-order valence-corrected chi connectivity index (χ4v) is 5.52. The molecule has 118 valence electrons. The Kier molecular flexibility index (Phi) is 5.71. The fourth-order valence-electron chi connectivity index (χ4n) is 2.90. The molecule has 0 spiro atoms. The highest BCUT2D eigenvalue weighted by Gasteiger charge is 2.29. The van der Waals surface area contributed by atoms with Gasteiger partial charge in [-0.25, -0.2) is 13.1 Å². The molecule has 4 nitrogen and oxygen atoms in total. The first-order chi connectivity index (χ1) is 9.99. The third kappa shape index (κ3) is 3.80. The molecule has 6 heteroatoms. The van der Waals surface area contributed by atoms with Gasteiger partial charge in [-0.2, -0.15) is 11.8 Å². The fraction of sp³-hybridized carbons (Fsp3) is 0.600. The van der Waals surface area contributed by atoms with Gasteiger partial charge in [0.15, 0.2) is 0 Å². The largest absolute Gasteiger partial charge is 0.392 e. The van der Waals surface area contributed by atoms with Crippen LogP contribution in [0.15, 0.2) is 23.1 Å². The van der Waals surface area contributed by atoms with E-state index in [1.807, 2.05) is 6.26 Å². The van der Waals surface area contributed by atoms with Crippen molar-refractivity contribution < 1.29 is 13.5 Å². The Bertz CT molecular complexity index is 587. The second-order valence-corrected chi connectivity index (χ2v) is 8.24. The molecule has 2 atom stereocenters. The molecule has 2 unspecified atom stereocenters. The van der Waals surface area contributed by atoms with Gasteiger partial charge in [0.25, 0.3) is 0 Å². The Morgan fingerprint density at radius 2 is 2.05 bits per heavy atom. The molecule has 0 aromatic heterocycles. The number of nitrogens with one attached hydrogen (secondary N) is 1. The molecule has 2 rings (SSSR count). The molecule has 0 amide bonds. The van der Waals surface area contributed by atoms with Gasteiger partial charge >= 0.3 is 0 Å². The summed E-state index contributed by atoms with van der Waals surface area (Å²) < 4.78 is 28.2. The summed E-state index contributed by atoms with van der Waals surface area (Å²) in [6, 6.07) is 5.03. The molecular formula is C15H23NO3S2. The van der Waals surface area contributed by atoms with Crippen LogP contribution < -0.4 is 4.72 Å². The quantitative estimate of drug-likeness (QED) is 0.871. The van der Waals surface area contributed by atoms with Crippen LogP contribution in [0.1, 0.15) is 36.8 Å². The van der Waals surface area contributed by atoms with Crippen molar-refractivity contribution in [1.29, 1.82) is 0 Å². The van der Waals surface area contributed by atoms with Crippen molar-refractivity contribution in [3.8, 4) is 0 Å². The SMILES string of the molecule is CSC1CCCCC1NS(=O)(=O)c1cccc(CO)c1C. The second kappa shape index (κ2) is 7.13. The molecule has 21 heavy (non-hydrogen) atoms. The van der Waals surface area contributed by atoms with E-state index in [1.165, 1.54) is 6.42 Å². The maximum absolute atomic E-state index is 12.6. The molecule has 0 radical (unpaired) electrons. The lowest BCUT2D eigenvalue weighted by Gasteiger charge is -2.30. The number of rotatable bonds is 5. The Balaban J connectivity index is 2.26. The van der Waals surface area contributed by atoms with Crippen LogP contribution in [0.4, 0.5) is 0 Å². The molecule has 2 N–H and O–H groups in total. The van der Waals surface area contributed by atoms with Gasteiger partial charge in [-0.05, 0) is 43.2 Å². The van der Waals surface area contributed by atoms with Crippen molar-refractivity contribution in [2.75, 3.05) is 6.26 Å². The zero-order valence-corrected chi connectivity index (χ0v) is 14.1. The lowest BCUT2D eigenvalue weighted by Crippen LogP contribution is -2.43. The molecule has 1 saturated carbocycles. The molecule has 1 aromatic carbocycles. The number of aliphatic hydroxyl groups excluding tert-OH is 1. The van der Waals surface area contributed by atoms with Crippen LogP contribution in [-0.2, 0) is 16.6 Å². The van der Waals surface area contributed by atoms with E-state index in [0.29, 0.717) is 16.4 Å². The summed E-state index contributed by atoms with van der Waals surface area (Å²) in [4.78, 5) is 0.277. The first-order valence-electron chi connectivity index (χ1n) is 7.24. The van der Waals surface area contributed by atoms with Crippen LogP contribution in [0, 0.1) is 6.92 Å². The normalized spacial score (nSPS) is 23.2. The smallest absolute Gasteiger partial charge is 0.241 e. The van der Waals surface area contributed by atoms with E-state index in [0.717, 1.165) is 19.3 Å². The van der Waals surface area contributed by atoms with Crippen molar-refractivity contribution in [3.63, 3.8) is 0 Å². The van der Waals surface area contributed by atoms with E-state index in [2.05, 4.69) is 4.72 Å². The third-order valence-corrected chi connectivity index (χ3v) is 6.97. The molecule has 0 saturated heterocycles. The first-order valence-corrected chi connectivity index (χ1v) is 10.0. The summed E-state index contributed by atoms with van der Waals surface area (Å²) in [6.07, 6.45) is 6.23. The lowest BCUT2D eigenvalue weighted by molar-refractivity contribution is 0.280. The maximum Gasteiger partial charge on any atom is 0.241 e. The van der Waals surface area contributed by atoms with E-state index in [1.54, 1.807) is 36.9 Å². The van der Waals surface area contributed by atoms with Crippen LogP contribution in [0.2, 0.25) is 0 Å². The van der Waals surface area contributed by atoms with E-state index < -0.39 is 10.0 Å². The summed E-state index contributed by atoms with van der Waals surface area (Å²) in [5.74, 6) is 0. The van der Waals surface area contributed by atoms with Gasteiger partial charge < -0.3 is 5.11 Å². The molecule has 1 aliphatic carbocycles. The monoisotopic (exact) mass is 329 g/mol. The van der Waals surface area contributed by atoms with Gasteiger partial charge in [0.1, 0.15) is 0 Å². The Morgan fingerprint density at radius 3 is 2.71 bits per heavy atom. The zero-order valence-electron chi connectivity index (χ0n) is 12.5. The van der Waals surface area contributed by atoms with Crippen LogP contribution in [-0.4, -0.2) is 31.1 Å². The average molecular weight is 329 g/mol. The highest BCUT2D eigenvalue weighted by atomic mass is 32.2. The number of benzene rings is 1. The molecule has 1 fully saturated rings. The average Bonchev–Trinajstić information content (AvgIpc) is 2.47. The molecule has 1 aliphatic rings. The minimum absolute atomic E-state index is 0.00377. The van der Waals surface area contributed by atoms with E-state index in [-0.39, 0.29) is 17.5 Å². The Labute approximate surface area is 131 Å². The van der Waals surface area contributed by atoms with Crippen molar-refractivity contribution in [2.45, 2.75) is 55.4 Å². The zero-order chi connectivity index (χ0) is 15.5. The van der Waals surface area contributed by atoms with Crippen molar-refractivity contribution in [1.82, 2.24) is 4.72 Å². The van der Waals surface area contributed by atoms with Gasteiger partial charge in [0, 0.05) is 11.3 Å². The van der Waals surface area contributed by atoms with Crippen LogP contribution in [0.25, 0.3) is 0 Å². The molecule has 1 aromatic rings. The molecule has 0 aliphatic heterocycles. The van der Waals surface area contributed by atoms with Gasteiger partial charge in [-0.3, -0.25) is 0 Å². The van der Waals surface area contributed by atoms with Gasteiger partial charge in [-0.15, -0.1) is 0 Å². The second-order valence-electron chi connectivity index (χ2n) is 5.48. The minimum Gasteiger partial charge on any atom is -0.392 e. The first kappa shape index (κ1) is 16.8. The summed E-state index contributed by atoms with van der Waals surface area (Å²) in [6.45, 7) is 1.60. The standard InChI is InChI=1S/C15H23NO3S2/c1-11-12(10-17)6-5-9-15(11)21(18,19)16-13-7-3-4-8-14(13)20-2/h5-6,9,13-14,16-17H,3-4,7-8,10H2,1-2H3. The number of thioether (sulfide) groups is 1. The number of hydrogen-bond acceptors (Lipinski definition) is 4. The lowest BCUT2D eigenvalue weighted by atomic mass is 9.96.